The van der Waals surface area contributed by atoms with Crippen molar-refractivity contribution >= 4 is 11.9 Å². The third kappa shape index (κ3) is 1.47. The van der Waals surface area contributed by atoms with Gasteiger partial charge in [-0.25, -0.2) is 0 Å². The first-order valence-corrected chi connectivity index (χ1v) is 9.27. The summed E-state index contributed by atoms with van der Waals surface area (Å²) in [4.78, 5) is 25.2. The van der Waals surface area contributed by atoms with Gasteiger partial charge in [-0.15, -0.1) is 0 Å². The lowest BCUT2D eigenvalue weighted by molar-refractivity contribution is -0.170. The van der Waals surface area contributed by atoms with Gasteiger partial charge in [0.2, 0.25) is 0 Å². The molecule has 7 nitrogen and oxygen atoms in total. The molecule has 0 amide bonds. The molecule has 0 radical (unpaired) electrons. The molecule has 5 aliphatic rings. The highest BCUT2D eigenvalue weighted by Crippen LogP contribution is 2.77. The first-order valence-electron chi connectivity index (χ1n) is 9.27. The first-order chi connectivity index (χ1) is 12.1. The Morgan fingerprint density at radius 3 is 2.54 bits per heavy atom. The number of fused-ring (bicyclic) bond motifs is 1. The maximum absolute atomic E-state index is 12.8. The normalized spacial score (nSPS) is 59.8. The Morgan fingerprint density at radius 2 is 1.88 bits per heavy atom. The zero-order valence-corrected chi connectivity index (χ0v) is 14.6. The minimum atomic E-state index is -1.49. The summed E-state index contributed by atoms with van der Waals surface area (Å²) in [6.45, 7) is 5.62. The quantitative estimate of drug-likeness (QED) is 0.384. The van der Waals surface area contributed by atoms with E-state index < -0.39 is 64.4 Å². The van der Waals surface area contributed by atoms with Crippen molar-refractivity contribution in [2.75, 3.05) is 0 Å². The zero-order chi connectivity index (χ0) is 18.8. The average molecular weight is 364 g/mol. The molecule has 1 spiro atoms. The lowest BCUT2D eigenvalue weighted by atomic mass is 9.58. The van der Waals surface area contributed by atoms with Gasteiger partial charge < -0.3 is 25.2 Å². The van der Waals surface area contributed by atoms with E-state index in [-0.39, 0.29) is 12.3 Å². The standard InChI is InChI=1S/C19H24O7/c1-7-4-18-5-8(7)3-9(20)12(18)19-6-10(21)14(22)17(2,16(25)26-19)13(19)11(18)15(23)24/h8-14,20-22H,1,3-6H2,2H3,(H,23,24)/t8-,9+,10+,11-,12-,13-,14+,17+,18-,19-/m1/s1. The van der Waals surface area contributed by atoms with Crippen LogP contribution in [0.2, 0.25) is 0 Å². The highest BCUT2D eigenvalue weighted by Gasteiger charge is 2.85. The number of carbonyl (C=O) groups excluding carboxylic acids is 1. The molecule has 1 aliphatic heterocycles. The van der Waals surface area contributed by atoms with Gasteiger partial charge in [0.1, 0.15) is 11.0 Å². The Labute approximate surface area is 150 Å². The minimum absolute atomic E-state index is 0.0371. The number of carbonyl (C=O) groups is 2. The summed E-state index contributed by atoms with van der Waals surface area (Å²) in [5, 5.41) is 42.3. The highest BCUT2D eigenvalue weighted by molar-refractivity contribution is 5.85. The molecule has 1 heterocycles. The molecule has 7 heteroatoms. The van der Waals surface area contributed by atoms with Gasteiger partial charge in [-0.05, 0) is 37.5 Å². The molecule has 4 aliphatic carbocycles. The van der Waals surface area contributed by atoms with E-state index in [9.17, 15) is 30.0 Å². The summed E-state index contributed by atoms with van der Waals surface area (Å²) < 4.78 is 5.83. The van der Waals surface area contributed by atoms with Gasteiger partial charge in [-0.1, -0.05) is 12.2 Å². The summed E-state index contributed by atoms with van der Waals surface area (Å²) in [5.41, 5.74) is -2.54. The molecule has 5 fully saturated rings. The molecule has 4 bridgehead atoms. The zero-order valence-electron chi connectivity index (χ0n) is 14.6. The molecule has 0 aromatic rings. The molecule has 5 rings (SSSR count). The summed E-state index contributed by atoms with van der Waals surface area (Å²) in [6, 6.07) is 0. The summed E-state index contributed by atoms with van der Waals surface area (Å²) >= 11 is 0. The lowest BCUT2D eigenvalue weighted by Gasteiger charge is -2.47. The van der Waals surface area contributed by atoms with Crippen LogP contribution in [0.1, 0.15) is 32.6 Å². The van der Waals surface area contributed by atoms with Gasteiger partial charge in [0.05, 0.1) is 24.2 Å². The molecular formula is C19H24O7. The van der Waals surface area contributed by atoms with Crippen molar-refractivity contribution in [3.63, 3.8) is 0 Å². The van der Waals surface area contributed by atoms with E-state index in [4.69, 9.17) is 4.74 Å². The van der Waals surface area contributed by atoms with E-state index in [2.05, 4.69) is 6.58 Å². The van der Waals surface area contributed by atoms with Crippen molar-refractivity contribution in [3.8, 4) is 0 Å². The van der Waals surface area contributed by atoms with Crippen LogP contribution in [0.15, 0.2) is 12.2 Å². The molecule has 4 N–H and O–H groups in total. The Bertz CT molecular complexity index is 748. The molecular weight excluding hydrogens is 340 g/mol. The smallest absolute Gasteiger partial charge is 0.315 e. The number of esters is 1. The van der Waals surface area contributed by atoms with Crippen LogP contribution in [0.25, 0.3) is 0 Å². The number of aliphatic hydroxyl groups excluding tert-OH is 3. The highest BCUT2D eigenvalue weighted by atomic mass is 16.6. The molecule has 0 aromatic heterocycles. The largest absolute Gasteiger partial charge is 0.481 e. The van der Waals surface area contributed by atoms with Gasteiger partial charge in [-0.2, -0.15) is 0 Å². The Balaban J connectivity index is 1.79. The number of allylic oxidation sites excluding steroid dienone is 1. The van der Waals surface area contributed by atoms with Crippen LogP contribution in [0.4, 0.5) is 0 Å². The fraction of sp³-hybridized carbons (Fsp3) is 0.789. The molecule has 4 saturated carbocycles. The van der Waals surface area contributed by atoms with E-state index >= 15 is 0 Å². The Hall–Kier alpha value is -1.44. The van der Waals surface area contributed by atoms with Gasteiger partial charge in [0.25, 0.3) is 0 Å². The van der Waals surface area contributed by atoms with Crippen molar-refractivity contribution in [3.05, 3.63) is 12.2 Å². The third-order valence-electron chi connectivity index (χ3n) is 8.44. The fourth-order valence-corrected chi connectivity index (χ4v) is 7.81. The van der Waals surface area contributed by atoms with Crippen LogP contribution in [0.5, 0.6) is 0 Å². The second kappa shape index (κ2) is 4.51. The van der Waals surface area contributed by atoms with Gasteiger partial charge in [0.15, 0.2) is 0 Å². The maximum atomic E-state index is 12.8. The van der Waals surface area contributed by atoms with Crippen molar-refractivity contribution in [2.45, 2.75) is 56.5 Å². The van der Waals surface area contributed by atoms with Crippen LogP contribution < -0.4 is 0 Å². The first kappa shape index (κ1) is 16.7. The topological polar surface area (TPSA) is 124 Å². The Morgan fingerprint density at radius 1 is 1.19 bits per heavy atom. The van der Waals surface area contributed by atoms with Gasteiger partial charge in [0, 0.05) is 18.3 Å². The number of aliphatic hydroxyl groups is 3. The summed E-state index contributed by atoms with van der Waals surface area (Å²) in [5.74, 6) is -3.90. The van der Waals surface area contributed by atoms with Crippen LogP contribution in [0.3, 0.4) is 0 Å². The second-order valence-electron chi connectivity index (χ2n) is 9.39. The number of aliphatic carboxylic acids is 1. The van der Waals surface area contributed by atoms with Crippen molar-refractivity contribution in [1.82, 2.24) is 0 Å². The molecule has 0 unspecified atom stereocenters. The van der Waals surface area contributed by atoms with E-state index in [1.165, 1.54) is 6.92 Å². The van der Waals surface area contributed by atoms with E-state index in [1.54, 1.807) is 0 Å². The molecule has 142 valence electrons. The lowest BCUT2D eigenvalue weighted by Crippen LogP contribution is -2.60. The molecule has 0 aromatic carbocycles. The second-order valence-corrected chi connectivity index (χ2v) is 9.39. The van der Waals surface area contributed by atoms with Crippen LogP contribution in [0, 0.1) is 34.5 Å². The van der Waals surface area contributed by atoms with Gasteiger partial charge in [-0.3, -0.25) is 9.59 Å². The number of hydrogen-bond donors (Lipinski definition) is 4. The number of rotatable bonds is 1. The minimum Gasteiger partial charge on any atom is -0.481 e. The molecule has 10 atom stereocenters. The van der Waals surface area contributed by atoms with E-state index in [1.807, 2.05) is 0 Å². The van der Waals surface area contributed by atoms with Crippen LogP contribution in [-0.4, -0.2) is 56.3 Å². The van der Waals surface area contributed by atoms with Crippen molar-refractivity contribution in [1.29, 1.82) is 0 Å². The predicted octanol–water partition coefficient (Wildman–Crippen LogP) is 0.0778. The number of ether oxygens (including phenoxy) is 1. The van der Waals surface area contributed by atoms with E-state index in [0.717, 1.165) is 5.57 Å². The predicted molar refractivity (Wildman–Crippen MR) is 86.6 cm³/mol. The van der Waals surface area contributed by atoms with Crippen LogP contribution in [-0.2, 0) is 14.3 Å². The molecule has 26 heavy (non-hydrogen) atoms. The fourth-order valence-electron chi connectivity index (χ4n) is 7.81. The van der Waals surface area contributed by atoms with Gasteiger partial charge >= 0.3 is 11.9 Å². The van der Waals surface area contributed by atoms with Crippen LogP contribution >= 0.6 is 0 Å². The summed E-state index contributed by atoms with van der Waals surface area (Å²) in [6.07, 6.45) is -1.88. The number of carboxylic acids is 1. The monoisotopic (exact) mass is 364 g/mol. The van der Waals surface area contributed by atoms with Crippen molar-refractivity contribution in [2.24, 2.45) is 34.5 Å². The SMILES string of the molecule is C=C1C[C@]23C[C@H]1C[C@H](O)[C@H]2[C@@]12C[C@H](O)[C@H](O)[C@@](C)(C(=O)O1)[C@H]2[C@@H]3C(=O)O. The average Bonchev–Trinajstić information content (AvgIpc) is 3.00. The number of carboxylic acid groups (broad SMARTS) is 1. The molecule has 1 saturated heterocycles. The Kier molecular flexibility index (Phi) is 2.90. The van der Waals surface area contributed by atoms with Crippen molar-refractivity contribution < 1.29 is 34.8 Å². The third-order valence-corrected chi connectivity index (χ3v) is 8.44. The maximum Gasteiger partial charge on any atom is 0.315 e. The number of hydrogen-bond acceptors (Lipinski definition) is 6. The summed E-state index contributed by atoms with van der Waals surface area (Å²) in [7, 11) is 0. The van der Waals surface area contributed by atoms with E-state index in [0.29, 0.717) is 19.3 Å².